The van der Waals surface area contributed by atoms with Gasteiger partial charge in [0, 0.05) is 17.8 Å². The Morgan fingerprint density at radius 2 is 2.07 bits per heavy atom. The third kappa shape index (κ3) is 4.43. The summed E-state index contributed by atoms with van der Waals surface area (Å²) >= 11 is 2.17. The Bertz CT molecular complexity index is 331. The third-order valence-corrected chi connectivity index (χ3v) is 2.74. The van der Waals surface area contributed by atoms with Crippen LogP contribution in [-0.4, -0.2) is 5.71 Å². The highest BCUT2D eigenvalue weighted by Gasteiger charge is 2.08. The molecule has 0 aromatic heterocycles. The molecular formula is C10H15FIN2P. The fraction of sp³-hybridized carbons (Fsp3) is 0.300. The lowest BCUT2D eigenvalue weighted by atomic mass is 10.1. The largest absolute Gasteiger partial charge is 0.358 e. The van der Waals surface area contributed by atoms with Gasteiger partial charge in [0.2, 0.25) is 0 Å². The van der Waals surface area contributed by atoms with Gasteiger partial charge < -0.3 is 10.5 Å². The normalized spacial score (nSPS) is 9.67. The van der Waals surface area contributed by atoms with Crippen LogP contribution in [0.3, 0.4) is 0 Å². The van der Waals surface area contributed by atoms with Gasteiger partial charge in [-0.25, -0.2) is 4.39 Å². The van der Waals surface area contributed by atoms with Crippen molar-refractivity contribution in [2.45, 2.75) is 20.8 Å². The zero-order chi connectivity index (χ0) is 11.8. The van der Waals surface area contributed by atoms with E-state index in [0.717, 1.165) is 0 Å². The first-order valence-corrected chi connectivity index (χ1v) is 8.74. The number of nitrogens with one attached hydrogen (secondary N) is 2. The number of anilines is 1. The Kier molecular flexibility index (Phi) is 7.88. The first-order chi connectivity index (χ1) is 7.16. The maximum atomic E-state index is 13.2. The van der Waals surface area contributed by atoms with Crippen molar-refractivity contribution < 1.29 is 4.39 Å². The highest BCUT2D eigenvalue weighted by molar-refractivity contribution is 14.2. The van der Waals surface area contributed by atoms with E-state index >= 15 is 0 Å². The van der Waals surface area contributed by atoms with Crippen LogP contribution in [-0.2, 0) is 0 Å². The van der Waals surface area contributed by atoms with Crippen LogP contribution in [0.15, 0.2) is 18.2 Å². The summed E-state index contributed by atoms with van der Waals surface area (Å²) in [4.78, 5) is 0. The first-order valence-electron chi connectivity index (χ1n) is 4.62. The lowest BCUT2D eigenvalue weighted by molar-refractivity contribution is 0.626. The van der Waals surface area contributed by atoms with Crippen molar-refractivity contribution >= 4 is 39.8 Å². The quantitative estimate of drug-likeness (QED) is 0.471. The topological polar surface area (TPSA) is 35.9 Å². The van der Waals surface area contributed by atoms with Gasteiger partial charge in [0.15, 0.2) is 0 Å². The van der Waals surface area contributed by atoms with Gasteiger partial charge in [-0.15, -0.1) is 0 Å². The molecule has 0 fully saturated rings. The Hall–Kier alpha value is -0.220. The van der Waals surface area contributed by atoms with Crippen molar-refractivity contribution in [3.8, 4) is 0 Å². The molecule has 0 heterocycles. The van der Waals surface area contributed by atoms with Crippen molar-refractivity contribution in [2.75, 3.05) is 5.09 Å². The fourth-order valence-electron chi connectivity index (χ4n) is 1.06. The van der Waals surface area contributed by atoms with Crippen molar-refractivity contribution in [3.63, 3.8) is 0 Å². The van der Waals surface area contributed by atoms with Gasteiger partial charge in [0.25, 0.3) is 0 Å². The van der Waals surface area contributed by atoms with E-state index in [1.807, 2.05) is 13.8 Å². The summed E-state index contributed by atoms with van der Waals surface area (Å²) in [5, 5.41) is 10.4. The second-order valence-electron chi connectivity index (χ2n) is 2.51. The second-order valence-corrected chi connectivity index (χ2v) is 4.56. The average molecular weight is 340 g/mol. The first kappa shape index (κ1) is 14.8. The molecule has 0 aliphatic heterocycles. The van der Waals surface area contributed by atoms with Gasteiger partial charge in [-0.1, -0.05) is 19.9 Å². The summed E-state index contributed by atoms with van der Waals surface area (Å²) < 4.78 is 13.2. The molecule has 84 valence electrons. The molecule has 0 aliphatic carbocycles. The van der Waals surface area contributed by atoms with Gasteiger partial charge in [0.05, 0.1) is 5.56 Å². The molecule has 1 atom stereocenters. The van der Waals surface area contributed by atoms with E-state index in [0.29, 0.717) is 17.6 Å². The average Bonchev–Trinajstić information content (AvgIpc) is 2.21. The second kappa shape index (κ2) is 7.99. The van der Waals surface area contributed by atoms with Crippen LogP contribution in [0, 0.1) is 11.2 Å². The molecule has 0 bridgehead atoms. The molecule has 0 radical (unpaired) electrons. The molecular weight excluding hydrogens is 325 g/mol. The fourth-order valence-corrected chi connectivity index (χ4v) is 2.24. The molecule has 15 heavy (non-hydrogen) atoms. The smallest absolute Gasteiger partial charge is 0.134 e. The van der Waals surface area contributed by atoms with E-state index in [9.17, 15) is 4.39 Å². The third-order valence-electron chi connectivity index (χ3n) is 1.57. The summed E-state index contributed by atoms with van der Waals surface area (Å²) in [5.41, 5.74) is 1.31. The summed E-state index contributed by atoms with van der Waals surface area (Å²) in [6, 6.07) is 4.79. The number of halogens is 2. The molecule has 1 aromatic rings. The Morgan fingerprint density at radius 1 is 1.47 bits per heavy atom. The minimum absolute atomic E-state index is 0.246. The van der Waals surface area contributed by atoms with Gasteiger partial charge in [-0.3, -0.25) is 0 Å². The Balaban J connectivity index is 0.000000921. The number of hydrogen-bond donors (Lipinski definition) is 2. The zero-order valence-corrected chi connectivity index (χ0v) is 12.1. The summed E-state index contributed by atoms with van der Waals surface area (Å²) in [5.74, 6) is -0.341. The van der Waals surface area contributed by atoms with Crippen molar-refractivity contribution in [1.82, 2.24) is 0 Å². The highest BCUT2D eigenvalue weighted by Crippen LogP contribution is 2.28. The van der Waals surface area contributed by atoms with E-state index in [1.165, 1.54) is 6.07 Å². The molecule has 0 aliphatic rings. The van der Waals surface area contributed by atoms with Gasteiger partial charge in [0.1, 0.15) is 5.82 Å². The summed E-state index contributed by atoms with van der Waals surface area (Å²) in [6.07, 6.45) is 0.477. The molecule has 5 heteroatoms. The van der Waals surface area contributed by atoms with E-state index in [-0.39, 0.29) is 11.5 Å². The number of hydrogen-bond acceptors (Lipinski definition) is 2. The lowest BCUT2D eigenvalue weighted by Crippen LogP contribution is -2.01. The van der Waals surface area contributed by atoms with E-state index in [1.54, 1.807) is 19.1 Å². The van der Waals surface area contributed by atoms with Crippen LogP contribution in [0.4, 0.5) is 10.1 Å². The number of rotatable bonds is 3. The Morgan fingerprint density at radius 3 is 2.53 bits per heavy atom. The molecule has 2 N–H and O–H groups in total. The molecule has 0 amide bonds. The molecule has 0 saturated heterocycles. The van der Waals surface area contributed by atoms with E-state index < -0.39 is 0 Å². The minimum atomic E-state index is -0.341. The minimum Gasteiger partial charge on any atom is -0.358 e. The van der Waals surface area contributed by atoms with Crippen LogP contribution >= 0.6 is 28.4 Å². The SMILES string of the molecule is CC.CC(=N)c1c(F)cccc1NPI. The summed E-state index contributed by atoms with van der Waals surface area (Å²) in [7, 11) is 0. The molecule has 2 nitrogen and oxygen atoms in total. The monoisotopic (exact) mass is 340 g/mol. The van der Waals surface area contributed by atoms with E-state index in [4.69, 9.17) is 5.41 Å². The van der Waals surface area contributed by atoms with Crippen molar-refractivity contribution in [2.24, 2.45) is 0 Å². The van der Waals surface area contributed by atoms with E-state index in [2.05, 4.69) is 27.1 Å². The van der Waals surface area contributed by atoms with Gasteiger partial charge in [-0.05, 0) is 41.1 Å². The summed E-state index contributed by atoms with van der Waals surface area (Å²) in [6.45, 7) is 5.58. The molecule has 1 rings (SSSR count). The number of benzene rings is 1. The predicted octanol–water partition coefficient (Wildman–Crippen LogP) is 4.60. The molecule has 0 spiro atoms. The molecule has 0 saturated carbocycles. The molecule has 1 unspecified atom stereocenters. The van der Waals surface area contributed by atoms with Crippen LogP contribution in [0.25, 0.3) is 0 Å². The maximum absolute atomic E-state index is 13.2. The lowest BCUT2D eigenvalue weighted by Gasteiger charge is -2.09. The Labute approximate surface area is 105 Å². The maximum Gasteiger partial charge on any atom is 0.134 e. The van der Waals surface area contributed by atoms with Crippen molar-refractivity contribution in [3.05, 3.63) is 29.6 Å². The van der Waals surface area contributed by atoms with Crippen LogP contribution < -0.4 is 5.09 Å². The predicted molar refractivity (Wildman–Crippen MR) is 76.2 cm³/mol. The van der Waals surface area contributed by atoms with Crippen LogP contribution in [0.2, 0.25) is 0 Å². The standard InChI is InChI=1S/C8H9FIN2P.C2H6/c1-5(11)8-6(9)3-2-4-7(8)12-13-10;1-2/h2-4,11-13H,1H3;1-2H3. The van der Waals surface area contributed by atoms with Crippen molar-refractivity contribution in [1.29, 1.82) is 5.41 Å². The van der Waals surface area contributed by atoms with Gasteiger partial charge in [-0.2, -0.15) is 0 Å². The zero-order valence-electron chi connectivity index (χ0n) is 8.99. The molecule has 1 aromatic carbocycles. The van der Waals surface area contributed by atoms with Crippen LogP contribution in [0.5, 0.6) is 0 Å². The highest BCUT2D eigenvalue weighted by atomic mass is 127. The van der Waals surface area contributed by atoms with Crippen LogP contribution in [0.1, 0.15) is 26.3 Å². The van der Waals surface area contributed by atoms with Gasteiger partial charge >= 0.3 is 0 Å².